The highest BCUT2D eigenvalue weighted by atomic mass is 19.1. The van der Waals surface area contributed by atoms with E-state index in [2.05, 4.69) is 10.3 Å². The fourth-order valence-corrected chi connectivity index (χ4v) is 2.52. The van der Waals surface area contributed by atoms with Gasteiger partial charge in [-0.1, -0.05) is 12.1 Å². The van der Waals surface area contributed by atoms with Crippen LogP contribution < -0.4 is 15.6 Å². The van der Waals surface area contributed by atoms with Crippen molar-refractivity contribution in [3.63, 3.8) is 0 Å². The van der Waals surface area contributed by atoms with Gasteiger partial charge in [0.25, 0.3) is 5.56 Å². The van der Waals surface area contributed by atoms with Gasteiger partial charge in [0.15, 0.2) is 0 Å². The van der Waals surface area contributed by atoms with Crippen molar-refractivity contribution in [3.05, 3.63) is 77.1 Å². The lowest BCUT2D eigenvalue weighted by molar-refractivity contribution is -0.116. The Hall–Kier alpha value is -3.48. The second-order valence-corrected chi connectivity index (χ2v) is 5.73. The summed E-state index contributed by atoms with van der Waals surface area (Å²) in [4.78, 5) is 28.5. The lowest BCUT2D eigenvalue weighted by Gasteiger charge is -2.09. The van der Waals surface area contributed by atoms with Gasteiger partial charge in [0.1, 0.15) is 18.1 Å². The Morgan fingerprint density at radius 2 is 1.93 bits per heavy atom. The van der Waals surface area contributed by atoms with Crippen molar-refractivity contribution < 1.29 is 13.9 Å². The molecule has 0 aliphatic heterocycles. The number of carbonyl (C=O) groups excluding carboxylic acids is 1. The number of aromatic nitrogens is 2. The minimum absolute atomic E-state index is 0.198. The number of rotatable bonds is 6. The predicted octanol–water partition coefficient (Wildman–Crippen LogP) is 3.09. The third-order valence-corrected chi connectivity index (χ3v) is 3.79. The first-order valence-electron chi connectivity index (χ1n) is 8.41. The third kappa shape index (κ3) is 4.58. The number of nitrogens with one attached hydrogen (secondary N) is 1. The summed E-state index contributed by atoms with van der Waals surface area (Å²) >= 11 is 0. The van der Waals surface area contributed by atoms with Crippen LogP contribution in [0.15, 0.2) is 65.7 Å². The molecule has 0 spiro atoms. The highest BCUT2D eigenvalue weighted by Crippen LogP contribution is 2.18. The molecule has 3 rings (SSSR count). The van der Waals surface area contributed by atoms with Crippen molar-refractivity contribution in [3.8, 4) is 17.0 Å². The summed E-state index contributed by atoms with van der Waals surface area (Å²) in [6.07, 6.45) is 1.24. The van der Waals surface area contributed by atoms with E-state index >= 15 is 0 Å². The Kier molecular flexibility index (Phi) is 5.61. The number of halogens is 1. The van der Waals surface area contributed by atoms with Crippen LogP contribution in [0.1, 0.15) is 6.92 Å². The van der Waals surface area contributed by atoms with E-state index in [-0.39, 0.29) is 23.7 Å². The minimum atomic E-state index is -0.463. The summed E-state index contributed by atoms with van der Waals surface area (Å²) < 4.78 is 20.3. The Morgan fingerprint density at radius 1 is 1.19 bits per heavy atom. The first-order valence-corrected chi connectivity index (χ1v) is 8.41. The fourth-order valence-electron chi connectivity index (χ4n) is 2.52. The van der Waals surface area contributed by atoms with E-state index in [9.17, 15) is 14.0 Å². The molecule has 2 aromatic carbocycles. The molecule has 0 aliphatic rings. The first kappa shape index (κ1) is 18.3. The van der Waals surface area contributed by atoms with E-state index in [1.54, 1.807) is 42.5 Å². The number of amides is 1. The van der Waals surface area contributed by atoms with E-state index in [1.165, 1.54) is 18.5 Å². The number of ether oxygens (including phenoxy) is 1. The van der Waals surface area contributed by atoms with E-state index in [0.717, 1.165) is 4.57 Å². The van der Waals surface area contributed by atoms with Gasteiger partial charge in [0.05, 0.1) is 18.6 Å². The summed E-state index contributed by atoms with van der Waals surface area (Å²) in [7, 11) is 0. The molecule has 27 heavy (non-hydrogen) atoms. The molecule has 0 fully saturated rings. The summed E-state index contributed by atoms with van der Waals surface area (Å²) in [6.45, 7) is 2.25. The van der Waals surface area contributed by atoms with Gasteiger partial charge < -0.3 is 10.1 Å². The molecule has 0 unspecified atom stereocenters. The Labute approximate surface area is 155 Å². The zero-order valence-corrected chi connectivity index (χ0v) is 14.7. The highest BCUT2D eigenvalue weighted by Gasteiger charge is 2.10. The monoisotopic (exact) mass is 367 g/mol. The van der Waals surface area contributed by atoms with Crippen molar-refractivity contribution in [2.45, 2.75) is 13.5 Å². The number of anilines is 1. The molecule has 1 N–H and O–H groups in total. The molecule has 3 aromatic rings. The molecule has 0 atom stereocenters. The van der Waals surface area contributed by atoms with Gasteiger partial charge in [0, 0.05) is 17.3 Å². The maximum Gasteiger partial charge on any atom is 0.254 e. The smallest absolute Gasteiger partial charge is 0.254 e. The van der Waals surface area contributed by atoms with Crippen molar-refractivity contribution in [1.82, 2.24) is 9.55 Å². The zero-order valence-electron chi connectivity index (χ0n) is 14.7. The van der Waals surface area contributed by atoms with E-state index in [1.807, 2.05) is 6.92 Å². The van der Waals surface area contributed by atoms with Crippen LogP contribution in [0.25, 0.3) is 11.3 Å². The average molecular weight is 367 g/mol. The molecule has 0 saturated carbocycles. The van der Waals surface area contributed by atoms with Crippen LogP contribution in [0.4, 0.5) is 10.1 Å². The van der Waals surface area contributed by atoms with Crippen LogP contribution in [-0.2, 0) is 11.3 Å². The quantitative estimate of drug-likeness (QED) is 0.727. The van der Waals surface area contributed by atoms with Crippen molar-refractivity contribution in [2.24, 2.45) is 0 Å². The van der Waals surface area contributed by atoms with Crippen LogP contribution in [0, 0.1) is 5.82 Å². The van der Waals surface area contributed by atoms with Crippen molar-refractivity contribution in [2.75, 3.05) is 11.9 Å². The molecule has 6 nitrogen and oxygen atoms in total. The largest absolute Gasteiger partial charge is 0.494 e. The second-order valence-electron chi connectivity index (χ2n) is 5.73. The summed E-state index contributed by atoms with van der Waals surface area (Å²) in [6, 6.07) is 14.2. The SMILES string of the molecule is CCOc1ccc(NC(=O)Cn2cnc(-c3ccccc3F)cc2=O)cc1. The van der Waals surface area contributed by atoms with Crippen LogP contribution in [0.5, 0.6) is 5.75 Å². The van der Waals surface area contributed by atoms with Crippen molar-refractivity contribution in [1.29, 1.82) is 0 Å². The van der Waals surface area contributed by atoms with Gasteiger partial charge in [-0.15, -0.1) is 0 Å². The van der Waals surface area contributed by atoms with Gasteiger partial charge >= 0.3 is 0 Å². The number of benzene rings is 2. The molecule has 0 aliphatic carbocycles. The lowest BCUT2D eigenvalue weighted by atomic mass is 10.1. The molecular weight excluding hydrogens is 349 g/mol. The van der Waals surface area contributed by atoms with E-state index in [4.69, 9.17) is 4.74 Å². The van der Waals surface area contributed by atoms with Gasteiger partial charge in [-0.05, 0) is 43.3 Å². The van der Waals surface area contributed by atoms with Gasteiger partial charge in [0.2, 0.25) is 5.91 Å². The van der Waals surface area contributed by atoms with Crippen LogP contribution >= 0.6 is 0 Å². The molecule has 1 amide bonds. The number of nitrogens with zero attached hydrogens (tertiary/aromatic N) is 2. The van der Waals surface area contributed by atoms with Gasteiger partial charge in [-0.3, -0.25) is 14.2 Å². The first-order chi connectivity index (χ1) is 13.1. The average Bonchev–Trinajstić information content (AvgIpc) is 2.66. The standard InChI is InChI=1S/C20H18FN3O3/c1-2-27-15-9-7-14(8-10-15)23-19(25)12-24-13-22-18(11-20(24)26)16-5-3-4-6-17(16)21/h3-11,13H,2,12H2,1H3,(H,23,25). The topological polar surface area (TPSA) is 73.2 Å². The molecule has 0 bridgehead atoms. The maximum absolute atomic E-state index is 13.8. The molecule has 1 heterocycles. The molecule has 1 aromatic heterocycles. The number of hydrogen-bond donors (Lipinski definition) is 1. The fraction of sp³-hybridized carbons (Fsp3) is 0.150. The number of hydrogen-bond acceptors (Lipinski definition) is 4. The Morgan fingerprint density at radius 3 is 2.59 bits per heavy atom. The second kappa shape index (κ2) is 8.27. The Bertz CT molecular complexity index is 1000. The maximum atomic E-state index is 13.8. The molecule has 0 saturated heterocycles. The van der Waals surface area contributed by atoms with Crippen LogP contribution in [-0.4, -0.2) is 22.1 Å². The summed E-state index contributed by atoms with van der Waals surface area (Å²) in [5, 5.41) is 2.70. The van der Waals surface area contributed by atoms with E-state index in [0.29, 0.717) is 18.0 Å². The minimum Gasteiger partial charge on any atom is -0.494 e. The van der Waals surface area contributed by atoms with Gasteiger partial charge in [-0.2, -0.15) is 0 Å². The number of carbonyl (C=O) groups is 1. The lowest BCUT2D eigenvalue weighted by Crippen LogP contribution is -2.27. The van der Waals surface area contributed by atoms with Crippen LogP contribution in [0.2, 0.25) is 0 Å². The molecular formula is C20H18FN3O3. The third-order valence-electron chi connectivity index (χ3n) is 3.79. The summed E-state index contributed by atoms with van der Waals surface area (Å²) in [5.74, 6) is -0.128. The summed E-state index contributed by atoms with van der Waals surface area (Å²) in [5.41, 5.74) is 0.611. The van der Waals surface area contributed by atoms with Crippen molar-refractivity contribution >= 4 is 11.6 Å². The van der Waals surface area contributed by atoms with Crippen LogP contribution in [0.3, 0.4) is 0 Å². The normalized spacial score (nSPS) is 10.4. The molecule has 138 valence electrons. The Balaban J connectivity index is 1.69. The molecule has 0 radical (unpaired) electrons. The van der Waals surface area contributed by atoms with E-state index < -0.39 is 11.4 Å². The highest BCUT2D eigenvalue weighted by molar-refractivity contribution is 5.90. The zero-order chi connectivity index (χ0) is 19.2. The predicted molar refractivity (Wildman–Crippen MR) is 100 cm³/mol. The van der Waals surface area contributed by atoms with Gasteiger partial charge in [-0.25, -0.2) is 9.37 Å². The molecule has 7 heteroatoms.